The van der Waals surface area contributed by atoms with E-state index in [9.17, 15) is 65.4 Å². The van der Waals surface area contributed by atoms with E-state index in [4.69, 9.17) is 13.9 Å². The lowest BCUT2D eigenvalue weighted by Crippen LogP contribution is -2.47. The molecular weight excluding hydrogens is 556 g/mol. The van der Waals surface area contributed by atoms with Crippen LogP contribution >= 0.6 is 0 Å². The number of hydrogen-bond acceptors (Lipinski definition) is 16. The molecule has 222 valence electrons. The Hall–Kier alpha value is -4.13. The van der Waals surface area contributed by atoms with Gasteiger partial charge in [-0.3, -0.25) is 4.79 Å². The molecule has 0 bridgehead atoms. The van der Waals surface area contributed by atoms with Gasteiger partial charge in [-0.15, -0.1) is 0 Å². The highest BCUT2D eigenvalue weighted by atomic mass is 16.6. The van der Waals surface area contributed by atoms with Crippen molar-refractivity contribution in [3.8, 4) is 34.3 Å². The molecule has 0 fully saturated rings. The number of rotatable bonds is 13. The van der Waals surface area contributed by atoms with E-state index in [2.05, 4.69) is 0 Å². The maximum absolute atomic E-state index is 13.4. The molecule has 8 unspecified atom stereocenters. The summed E-state index contributed by atoms with van der Waals surface area (Å²) in [7, 11) is 0. The van der Waals surface area contributed by atoms with Gasteiger partial charge in [0.2, 0.25) is 23.8 Å². The second-order valence-electron chi connectivity index (χ2n) is 8.68. The maximum Gasteiger partial charge on any atom is 0.239 e. The van der Waals surface area contributed by atoms with Crippen molar-refractivity contribution >= 4 is 23.5 Å². The Morgan fingerprint density at radius 1 is 0.707 bits per heavy atom. The highest BCUT2D eigenvalue weighted by Gasteiger charge is 2.34. The summed E-state index contributed by atoms with van der Waals surface area (Å²) in [4.78, 5) is 34.7. The summed E-state index contributed by atoms with van der Waals surface area (Å²) in [6.07, 6.45) is -18.0. The molecule has 0 saturated carbocycles. The first-order chi connectivity index (χ1) is 19.3. The van der Waals surface area contributed by atoms with Crippen molar-refractivity contribution in [2.45, 2.75) is 49.2 Å². The lowest BCUT2D eigenvalue weighted by Gasteiger charge is -2.25. The lowest BCUT2D eigenvalue weighted by molar-refractivity contribution is -0.166. The van der Waals surface area contributed by atoms with Gasteiger partial charge >= 0.3 is 0 Å². The molecule has 8 atom stereocenters. The molecule has 1 aromatic heterocycles. The third-order valence-electron chi connectivity index (χ3n) is 5.79. The molecular formula is C25H26O16. The van der Waals surface area contributed by atoms with Crippen LogP contribution in [0.5, 0.6) is 23.0 Å². The number of aldehydes is 2. The number of carbonyl (C=O) groups excluding carboxylic acids is 2. The number of aromatic hydroxyl groups is 2. The predicted octanol–water partition coefficient (Wildman–Crippen LogP) is -3.17. The monoisotopic (exact) mass is 582 g/mol. The van der Waals surface area contributed by atoms with Crippen molar-refractivity contribution in [1.29, 1.82) is 0 Å². The van der Waals surface area contributed by atoms with Crippen LogP contribution in [0.15, 0.2) is 45.6 Å². The number of benzene rings is 2. The number of hydrogen-bond donors (Lipinski definition) is 10. The Kier molecular flexibility index (Phi) is 9.97. The van der Waals surface area contributed by atoms with Crippen molar-refractivity contribution in [3.63, 3.8) is 0 Å². The molecule has 10 N–H and O–H groups in total. The molecule has 0 aliphatic rings. The molecule has 3 aromatic rings. The van der Waals surface area contributed by atoms with Crippen LogP contribution in [0.25, 0.3) is 22.3 Å². The lowest BCUT2D eigenvalue weighted by atomic mass is 10.1. The Morgan fingerprint density at radius 2 is 1.22 bits per heavy atom. The summed E-state index contributed by atoms with van der Waals surface area (Å²) in [6.45, 7) is 0. The zero-order valence-electron chi connectivity index (χ0n) is 20.7. The van der Waals surface area contributed by atoms with Crippen molar-refractivity contribution in [3.05, 3.63) is 46.6 Å². The molecule has 16 heteroatoms. The minimum absolute atomic E-state index is 0.0409. The minimum atomic E-state index is -2.43. The number of carbonyl (C=O) groups is 2. The largest absolute Gasteiger partial charge is 0.508 e. The molecule has 0 radical (unpaired) electrons. The second-order valence-corrected chi connectivity index (χ2v) is 8.68. The van der Waals surface area contributed by atoms with Gasteiger partial charge in [0.05, 0.1) is 0 Å². The van der Waals surface area contributed by atoms with Crippen LogP contribution in [0, 0.1) is 0 Å². The van der Waals surface area contributed by atoms with Crippen molar-refractivity contribution in [1.82, 2.24) is 0 Å². The summed E-state index contributed by atoms with van der Waals surface area (Å²) >= 11 is 0. The number of aliphatic hydroxyl groups excluding tert-OH is 8. The van der Waals surface area contributed by atoms with Crippen LogP contribution < -0.4 is 14.9 Å². The summed E-state index contributed by atoms with van der Waals surface area (Å²) < 4.78 is 15.9. The highest BCUT2D eigenvalue weighted by molar-refractivity contribution is 5.88. The van der Waals surface area contributed by atoms with Gasteiger partial charge in [-0.2, -0.15) is 0 Å². The Labute approximate surface area is 228 Å². The third kappa shape index (κ3) is 6.79. The van der Waals surface area contributed by atoms with E-state index in [-0.39, 0.29) is 23.9 Å². The molecule has 16 nitrogen and oxygen atoms in total. The molecule has 0 spiro atoms. The number of ether oxygens (including phenoxy) is 2. The van der Waals surface area contributed by atoms with Crippen LogP contribution in [-0.2, 0) is 9.59 Å². The first kappa shape index (κ1) is 31.4. The number of phenols is 2. The molecule has 0 amide bonds. The maximum atomic E-state index is 13.4. The van der Waals surface area contributed by atoms with E-state index >= 15 is 0 Å². The van der Waals surface area contributed by atoms with Crippen molar-refractivity contribution in [2.75, 3.05) is 0 Å². The van der Waals surface area contributed by atoms with E-state index in [0.29, 0.717) is 0 Å². The van der Waals surface area contributed by atoms with Crippen molar-refractivity contribution in [2.24, 2.45) is 0 Å². The summed E-state index contributed by atoms with van der Waals surface area (Å²) in [5, 5.41) is 98.2. The van der Waals surface area contributed by atoms with Crippen molar-refractivity contribution < 1.29 is 74.5 Å². The normalized spacial score (nSPS) is 17.5. The fourth-order valence-corrected chi connectivity index (χ4v) is 3.54. The standard InChI is InChI=1S/C25H26O16/c26-7-13(30)17(32)20(35)24(37)39-11-5-12(29)16-15(6-11)40-22(9-1-3-10(28)4-2-9)23(19(16)34)41-25(38)21(36)18(33)14(31)8-27/h1-8,13-14,17-18,20-21,24-25,28-33,35-38H. The van der Waals surface area contributed by atoms with Gasteiger partial charge < -0.3 is 74.5 Å². The second kappa shape index (κ2) is 13.0. The van der Waals surface area contributed by atoms with Crippen LogP contribution in [0.3, 0.4) is 0 Å². The van der Waals surface area contributed by atoms with E-state index in [0.717, 1.165) is 12.1 Å². The van der Waals surface area contributed by atoms with Gasteiger partial charge in [-0.1, -0.05) is 0 Å². The quantitative estimate of drug-likeness (QED) is 0.0702. The highest BCUT2D eigenvalue weighted by Crippen LogP contribution is 2.37. The average Bonchev–Trinajstić information content (AvgIpc) is 2.95. The number of fused-ring (bicyclic) bond motifs is 1. The number of phenolic OH excluding ortho intramolecular Hbond substituents is 2. The Balaban J connectivity index is 2.10. The first-order valence-corrected chi connectivity index (χ1v) is 11.6. The van der Waals surface area contributed by atoms with Crippen LogP contribution in [0.2, 0.25) is 0 Å². The first-order valence-electron chi connectivity index (χ1n) is 11.6. The molecule has 0 aliphatic heterocycles. The summed E-state index contributed by atoms with van der Waals surface area (Å²) in [5.74, 6) is -2.77. The smallest absolute Gasteiger partial charge is 0.239 e. The van der Waals surface area contributed by atoms with E-state index in [1.54, 1.807) is 0 Å². The van der Waals surface area contributed by atoms with Gasteiger partial charge in [0.1, 0.15) is 64.8 Å². The van der Waals surface area contributed by atoms with Gasteiger partial charge in [-0.05, 0) is 24.3 Å². The van der Waals surface area contributed by atoms with Gasteiger partial charge in [-0.25, -0.2) is 0 Å². The minimum Gasteiger partial charge on any atom is -0.508 e. The Morgan fingerprint density at radius 3 is 1.73 bits per heavy atom. The van der Waals surface area contributed by atoms with E-state index in [1.807, 2.05) is 0 Å². The topological polar surface area (TPSA) is 285 Å². The Bertz CT molecular complexity index is 1420. The fraction of sp³-hybridized carbons (Fsp3) is 0.320. The average molecular weight is 582 g/mol. The molecule has 1 heterocycles. The molecule has 0 saturated heterocycles. The molecule has 0 aliphatic carbocycles. The van der Waals surface area contributed by atoms with Gasteiger partial charge in [0, 0.05) is 17.7 Å². The van der Waals surface area contributed by atoms with E-state index in [1.165, 1.54) is 24.3 Å². The fourth-order valence-electron chi connectivity index (χ4n) is 3.54. The third-order valence-corrected chi connectivity index (χ3v) is 5.79. The van der Waals surface area contributed by atoms with Gasteiger partial charge in [0.25, 0.3) is 0 Å². The SMILES string of the molecule is O=CC(O)C(O)C(O)C(O)Oc1cc(O)c2c(=O)c(OC(O)C(O)C(O)C(O)C=O)c(-c3ccc(O)cc3)oc2c1. The zero-order valence-corrected chi connectivity index (χ0v) is 20.7. The van der Waals surface area contributed by atoms with Crippen LogP contribution in [0.1, 0.15) is 0 Å². The molecule has 2 aromatic carbocycles. The molecule has 41 heavy (non-hydrogen) atoms. The zero-order chi connectivity index (χ0) is 30.6. The number of aliphatic hydroxyl groups is 8. The predicted molar refractivity (Wildman–Crippen MR) is 133 cm³/mol. The summed E-state index contributed by atoms with van der Waals surface area (Å²) in [5.41, 5.74) is -1.54. The van der Waals surface area contributed by atoms with Crippen LogP contribution in [-0.4, -0.2) is 113 Å². The molecule has 3 rings (SSSR count). The van der Waals surface area contributed by atoms with E-state index < -0.39 is 88.6 Å². The van der Waals surface area contributed by atoms with Gasteiger partial charge in [0.15, 0.2) is 18.3 Å². The summed E-state index contributed by atoms with van der Waals surface area (Å²) in [6, 6.07) is 6.61. The van der Waals surface area contributed by atoms with Crippen LogP contribution in [0.4, 0.5) is 0 Å².